The summed E-state index contributed by atoms with van der Waals surface area (Å²) >= 11 is 0. The number of benzene rings is 3. The highest BCUT2D eigenvalue weighted by molar-refractivity contribution is 5.68. The Kier molecular flexibility index (Phi) is 10.8. The highest BCUT2D eigenvalue weighted by Crippen LogP contribution is 2.34. The van der Waals surface area contributed by atoms with Crippen LogP contribution in [-0.4, -0.2) is 62.6 Å². The van der Waals surface area contributed by atoms with Gasteiger partial charge in [0.05, 0.1) is 39.1 Å². The van der Waals surface area contributed by atoms with E-state index in [0.717, 1.165) is 37.1 Å². The van der Waals surface area contributed by atoms with E-state index in [0.29, 0.717) is 39.5 Å². The van der Waals surface area contributed by atoms with E-state index in [4.69, 9.17) is 18.9 Å². The van der Waals surface area contributed by atoms with Gasteiger partial charge >= 0.3 is 6.09 Å². The van der Waals surface area contributed by atoms with Crippen LogP contribution in [-0.2, 0) is 33.8 Å². The van der Waals surface area contributed by atoms with Crippen molar-refractivity contribution in [2.45, 2.75) is 77.3 Å². The molecule has 2 aliphatic rings. The molecule has 1 amide bonds. The summed E-state index contributed by atoms with van der Waals surface area (Å²) in [6.45, 7) is 10.3. The summed E-state index contributed by atoms with van der Waals surface area (Å²) in [5.41, 5.74) is 5.69. The molecule has 1 fully saturated rings. The molecule has 0 saturated carbocycles. The number of hydrogen-bond donors (Lipinski definition) is 0. The normalized spacial score (nSPS) is 18.5. The summed E-state index contributed by atoms with van der Waals surface area (Å²) in [6, 6.07) is 25.2. The maximum Gasteiger partial charge on any atom is 0.410 e. The summed E-state index contributed by atoms with van der Waals surface area (Å²) in [5, 5.41) is 0. The number of amides is 1. The van der Waals surface area contributed by atoms with Crippen molar-refractivity contribution in [3.8, 4) is 5.75 Å². The molecule has 5 rings (SSSR count). The molecule has 0 N–H and O–H groups in total. The molecule has 0 radical (unpaired) electrons. The molecule has 3 aromatic carbocycles. The smallest absolute Gasteiger partial charge is 0.410 e. The topological polar surface area (TPSA) is 60.5 Å². The van der Waals surface area contributed by atoms with Gasteiger partial charge in [0.15, 0.2) is 0 Å². The zero-order valence-electron chi connectivity index (χ0n) is 26.8. The van der Waals surface area contributed by atoms with Crippen LogP contribution in [0.3, 0.4) is 0 Å². The standard InChI is InChI=1S/C37H48N2O5/c1-37(2,3)44-36(40)39-21-19-33(35(25-39)43-27-29-13-14-31-12-8-20-38(4)34(31)24-29)30-15-17-32(18-16-30)42-23-9-22-41-26-28-10-6-5-7-11-28/h5-7,10-11,13-18,24,33,35H,8-9,12,19-23,25-27H2,1-4H3. The van der Waals surface area contributed by atoms with Gasteiger partial charge in [-0.15, -0.1) is 0 Å². The first kappa shape index (κ1) is 31.9. The molecule has 3 aromatic rings. The summed E-state index contributed by atoms with van der Waals surface area (Å²) in [6.07, 6.45) is 3.51. The lowest BCUT2D eigenvalue weighted by atomic mass is 9.87. The van der Waals surface area contributed by atoms with E-state index in [1.54, 1.807) is 4.90 Å². The van der Waals surface area contributed by atoms with Gasteiger partial charge in [-0.2, -0.15) is 0 Å². The lowest BCUT2D eigenvalue weighted by Crippen LogP contribution is -2.48. The summed E-state index contributed by atoms with van der Waals surface area (Å²) in [7, 11) is 2.16. The Bertz CT molecular complexity index is 1340. The van der Waals surface area contributed by atoms with Crippen LogP contribution < -0.4 is 9.64 Å². The number of ether oxygens (including phenoxy) is 4. The molecular formula is C37H48N2O5. The van der Waals surface area contributed by atoms with Crippen molar-refractivity contribution in [1.29, 1.82) is 0 Å². The number of piperidine rings is 1. The number of aryl methyl sites for hydroxylation is 1. The minimum absolute atomic E-state index is 0.154. The van der Waals surface area contributed by atoms with Crippen LogP contribution in [0.1, 0.15) is 68.2 Å². The van der Waals surface area contributed by atoms with Crippen molar-refractivity contribution >= 4 is 11.8 Å². The average molecular weight is 601 g/mol. The van der Waals surface area contributed by atoms with Gasteiger partial charge < -0.3 is 28.7 Å². The van der Waals surface area contributed by atoms with Crippen LogP contribution in [0, 0.1) is 0 Å². The Morgan fingerprint density at radius 2 is 1.70 bits per heavy atom. The van der Waals surface area contributed by atoms with E-state index in [1.165, 1.54) is 28.8 Å². The Hall–Kier alpha value is -3.55. The van der Waals surface area contributed by atoms with Gasteiger partial charge in [-0.1, -0.05) is 54.6 Å². The maximum atomic E-state index is 13.0. The number of rotatable bonds is 11. The lowest BCUT2D eigenvalue weighted by Gasteiger charge is -2.39. The Balaban J connectivity index is 1.18. The van der Waals surface area contributed by atoms with E-state index < -0.39 is 5.60 Å². The van der Waals surface area contributed by atoms with Gasteiger partial charge in [-0.3, -0.25) is 0 Å². The van der Waals surface area contributed by atoms with E-state index in [1.807, 2.05) is 51.1 Å². The molecule has 7 nitrogen and oxygen atoms in total. The van der Waals surface area contributed by atoms with Gasteiger partial charge in [0.1, 0.15) is 11.4 Å². The predicted octanol–water partition coefficient (Wildman–Crippen LogP) is 7.36. The lowest BCUT2D eigenvalue weighted by molar-refractivity contribution is -0.0359. The van der Waals surface area contributed by atoms with Crippen LogP contribution in [0.2, 0.25) is 0 Å². The number of carbonyl (C=O) groups is 1. The van der Waals surface area contributed by atoms with Crippen LogP contribution in [0.15, 0.2) is 72.8 Å². The molecule has 0 aromatic heterocycles. The molecule has 44 heavy (non-hydrogen) atoms. The fourth-order valence-electron chi connectivity index (χ4n) is 5.98. The maximum absolute atomic E-state index is 13.0. The van der Waals surface area contributed by atoms with Crippen molar-refractivity contribution in [1.82, 2.24) is 4.90 Å². The van der Waals surface area contributed by atoms with Gasteiger partial charge in [-0.25, -0.2) is 4.79 Å². The van der Waals surface area contributed by atoms with E-state index in [-0.39, 0.29) is 18.1 Å². The molecular weight excluding hydrogens is 552 g/mol. The SMILES string of the molecule is CN1CCCc2ccc(COC3CN(C(=O)OC(C)(C)C)CCC3c3ccc(OCCCOCc4ccccc4)cc3)cc21. The number of carbonyl (C=O) groups excluding carboxylic acids is 1. The third-order valence-electron chi connectivity index (χ3n) is 8.30. The molecule has 2 aliphatic heterocycles. The first-order valence-electron chi connectivity index (χ1n) is 16.0. The number of fused-ring (bicyclic) bond motifs is 1. The summed E-state index contributed by atoms with van der Waals surface area (Å²) in [5.74, 6) is 1.01. The highest BCUT2D eigenvalue weighted by atomic mass is 16.6. The van der Waals surface area contributed by atoms with Gasteiger partial charge in [-0.05, 0) is 80.5 Å². The minimum atomic E-state index is -0.538. The van der Waals surface area contributed by atoms with E-state index >= 15 is 0 Å². The predicted molar refractivity (Wildman–Crippen MR) is 174 cm³/mol. The molecule has 2 unspecified atom stereocenters. The fraction of sp³-hybridized carbons (Fsp3) is 0.486. The van der Waals surface area contributed by atoms with Crippen LogP contribution in [0.25, 0.3) is 0 Å². The molecule has 1 saturated heterocycles. The Morgan fingerprint density at radius 3 is 2.48 bits per heavy atom. The fourth-order valence-corrected chi connectivity index (χ4v) is 5.98. The van der Waals surface area contributed by atoms with Crippen LogP contribution in [0.4, 0.5) is 10.5 Å². The number of likely N-dealkylation sites (tertiary alicyclic amines) is 1. The van der Waals surface area contributed by atoms with Crippen LogP contribution in [0.5, 0.6) is 5.75 Å². The van der Waals surface area contributed by atoms with Gasteiger partial charge in [0.2, 0.25) is 0 Å². The summed E-state index contributed by atoms with van der Waals surface area (Å²) < 4.78 is 24.1. The molecule has 0 spiro atoms. The van der Waals surface area contributed by atoms with Crippen molar-refractivity contribution < 1.29 is 23.7 Å². The number of hydrogen-bond acceptors (Lipinski definition) is 6. The molecule has 236 valence electrons. The highest BCUT2D eigenvalue weighted by Gasteiger charge is 2.35. The molecule has 7 heteroatoms. The zero-order valence-corrected chi connectivity index (χ0v) is 26.8. The molecule has 0 aliphatic carbocycles. The molecule has 0 bridgehead atoms. The zero-order chi connectivity index (χ0) is 30.9. The van der Waals surface area contributed by atoms with Gasteiger partial charge in [0, 0.05) is 38.2 Å². The monoisotopic (exact) mass is 600 g/mol. The Morgan fingerprint density at radius 1 is 0.909 bits per heavy atom. The third-order valence-corrected chi connectivity index (χ3v) is 8.30. The first-order chi connectivity index (χ1) is 21.2. The minimum Gasteiger partial charge on any atom is -0.494 e. The average Bonchev–Trinajstić information content (AvgIpc) is 3.02. The summed E-state index contributed by atoms with van der Waals surface area (Å²) in [4.78, 5) is 17.1. The Labute approximate surface area is 263 Å². The second kappa shape index (κ2) is 15.0. The second-order valence-electron chi connectivity index (χ2n) is 13.0. The van der Waals surface area contributed by atoms with Crippen molar-refractivity contribution in [2.75, 3.05) is 44.8 Å². The quantitative estimate of drug-likeness (QED) is 0.214. The largest absolute Gasteiger partial charge is 0.494 e. The molecule has 2 heterocycles. The third kappa shape index (κ3) is 8.99. The number of anilines is 1. The van der Waals surface area contributed by atoms with Crippen LogP contribution >= 0.6 is 0 Å². The van der Waals surface area contributed by atoms with E-state index in [2.05, 4.69) is 54.4 Å². The van der Waals surface area contributed by atoms with Crippen molar-refractivity contribution in [3.05, 3.63) is 95.1 Å². The molecule has 2 atom stereocenters. The van der Waals surface area contributed by atoms with Crippen molar-refractivity contribution in [3.63, 3.8) is 0 Å². The number of nitrogens with zero attached hydrogens (tertiary/aromatic N) is 2. The second-order valence-corrected chi connectivity index (χ2v) is 13.0. The first-order valence-corrected chi connectivity index (χ1v) is 16.0. The van der Waals surface area contributed by atoms with Gasteiger partial charge in [0.25, 0.3) is 0 Å². The van der Waals surface area contributed by atoms with E-state index in [9.17, 15) is 4.79 Å². The van der Waals surface area contributed by atoms with Crippen molar-refractivity contribution in [2.24, 2.45) is 0 Å².